The number of carboxylic acid groups (broad SMARTS) is 1. The maximum absolute atomic E-state index is 14.0. The topological polar surface area (TPSA) is 84.3 Å². The van der Waals surface area contributed by atoms with Gasteiger partial charge < -0.3 is 15.2 Å². The van der Waals surface area contributed by atoms with Gasteiger partial charge in [-0.05, 0) is 55.3 Å². The summed E-state index contributed by atoms with van der Waals surface area (Å²) < 4.78 is 19.8. The lowest BCUT2D eigenvalue weighted by molar-refractivity contribution is -0.131. The molecule has 1 saturated heterocycles. The lowest BCUT2D eigenvalue weighted by Crippen LogP contribution is -2.39. The van der Waals surface area contributed by atoms with Crippen LogP contribution in [0.1, 0.15) is 41.3 Å². The molecule has 34 heavy (non-hydrogen) atoms. The Labute approximate surface area is 202 Å². The van der Waals surface area contributed by atoms with E-state index in [2.05, 4.69) is 15.3 Å². The summed E-state index contributed by atoms with van der Waals surface area (Å²) in [7, 11) is 0. The van der Waals surface area contributed by atoms with Crippen LogP contribution < -0.4 is 10.1 Å². The molecule has 1 aliphatic heterocycles. The molecule has 1 aliphatic rings. The predicted octanol–water partition coefficient (Wildman–Crippen LogP) is 5.02. The molecular weight excluding hydrogens is 457 g/mol. The second kappa shape index (κ2) is 11.2. The minimum atomic E-state index is -0.984. The minimum Gasteiger partial charge on any atom is -0.478 e. The zero-order valence-corrected chi connectivity index (χ0v) is 19.2. The van der Waals surface area contributed by atoms with Gasteiger partial charge in [-0.3, -0.25) is 4.98 Å². The molecule has 8 heteroatoms. The number of pyridine rings is 2. The fraction of sp³-hybridized carbons (Fsp3) is 0.269. The Bertz CT molecular complexity index is 1170. The van der Waals surface area contributed by atoms with Crippen LogP contribution in [0.4, 0.5) is 4.39 Å². The Kier molecular flexibility index (Phi) is 7.87. The van der Waals surface area contributed by atoms with Gasteiger partial charge in [-0.25, -0.2) is 14.2 Å². The molecule has 0 aliphatic carbocycles. The first-order chi connectivity index (χ1) is 16.5. The molecule has 2 aromatic heterocycles. The average molecular weight is 482 g/mol. The molecule has 2 N–H and O–H groups in total. The van der Waals surface area contributed by atoms with Gasteiger partial charge in [0.25, 0.3) is 0 Å². The maximum atomic E-state index is 14.0. The number of piperidine rings is 1. The van der Waals surface area contributed by atoms with Gasteiger partial charge in [0.1, 0.15) is 12.4 Å². The number of aromatic nitrogens is 2. The molecular formula is C26H25ClFN3O3. The lowest BCUT2D eigenvalue weighted by atomic mass is 9.87. The van der Waals surface area contributed by atoms with Crippen LogP contribution in [0.25, 0.3) is 6.08 Å². The van der Waals surface area contributed by atoms with Crippen molar-refractivity contribution in [2.45, 2.75) is 37.8 Å². The molecule has 0 spiro atoms. The third-order valence-corrected chi connectivity index (χ3v) is 6.01. The van der Waals surface area contributed by atoms with Crippen molar-refractivity contribution in [3.05, 3.63) is 94.2 Å². The van der Waals surface area contributed by atoms with Crippen LogP contribution >= 0.6 is 11.6 Å². The third-order valence-electron chi connectivity index (χ3n) is 5.77. The second-order valence-electron chi connectivity index (χ2n) is 8.26. The Morgan fingerprint density at radius 2 is 2.15 bits per heavy atom. The maximum Gasteiger partial charge on any atom is 0.328 e. The Morgan fingerprint density at radius 3 is 2.91 bits per heavy atom. The quantitative estimate of drug-likeness (QED) is 0.439. The first-order valence-electron chi connectivity index (χ1n) is 11.1. The summed E-state index contributed by atoms with van der Waals surface area (Å²) in [6.45, 7) is 0.954. The molecule has 2 atom stereocenters. The van der Waals surface area contributed by atoms with E-state index in [1.54, 1.807) is 24.4 Å². The number of halogens is 2. The van der Waals surface area contributed by atoms with E-state index in [1.165, 1.54) is 12.1 Å². The normalized spacial score (nSPS) is 18.2. The number of aliphatic carboxylic acids is 1. The average Bonchev–Trinajstić information content (AvgIpc) is 2.83. The number of ether oxygens (including phenoxy) is 1. The highest BCUT2D eigenvalue weighted by Gasteiger charge is 2.24. The van der Waals surface area contributed by atoms with Gasteiger partial charge in [0.05, 0.1) is 0 Å². The number of nitrogens with one attached hydrogen (secondary N) is 1. The van der Waals surface area contributed by atoms with Gasteiger partial charge in [0.15, 0.2) is 0 Å². The summed E-state index contributed by atoms with van der Waals surface area (Å²) >= 11 is 5.81. The van der Waals surface area contributed by atoms with Gasteiger partial charge in [-0.2, -0.15) is 0 Å². The monoisotopic (exact) mass is 481 g/mol. The summed E-state index contributed by atoms with van der Waals surface area (Å²) in [6.07, 6.45) is 6.94. The summed E-state index contributed by atoms with van der Waals surface area (Å²) in [6, 6.07) is 14.3. The van der Waals surface area contributed by atoms with Crippen LogP contribution in [0, 0.1) is 5.82 Å². The van der Waals surface area contributed by atoms with E-state index in [0.29, 0.717) is 16.5 Å². The first-order valence-corrected chi connectivity index (χ1v) is 11.5. The van der Waals surface area contributed by atoms with Crippen molar-refractivity contribution in [1.29, 1.82) is 0 Å². The Morgan fingerprint density at radius 1 is 1.26 bits per heavy atom. The van der Waals surface area contributed by atoms with Gasteiger partial charge in [-0.1, -0.05) is 29.8 Å². The van der Waals surface area contributed by atoms with Gasteiger partial charge in [-0.15, -0.1) is 0 Å². The third kappa shape index (κ3) is 6.62. The van der Waals surface area contributed by atoms with Crippen molar-refractivity contribution in [3.63, 3.8) is 0 Å². The van der Waals surface area contributed by atoms with Crippen molar-refractivity contribution in [1.82, 2.24) is 15.3 Å². The molecule has 6 nitrogen and oxygen atoms in total. The Balaban J connectivity index is 1.36. The summed E-state index contributed by atoms with van der Waals surface area (Å²) in [5, 5.41) is 12.6. The van der Waals surface area contributed by atoms with E-state index < -0.39 is 11.8 Å². The molecule has 0 saturated carbocycles. The predicted molar refractivity (Wildman–Crippen MR) is 128 cm³/mol. The highest BCUT2D eigenvalue weighted by molar-refractivity contribution is 6.30. The number of carboxylic acids is 1. The molecule has 1 aromatic carbocycles. The van der Waals surface area contributed by atoms with Crippen molar-refractivity contribution >= 4 is 23.6 Å². The van der Waals surface area contributed by atoms with E-state index in [0.717, 1.165) is 48.8 Å². The van der Waals surface area contributed by atoms with E-state index in [4.69, 9.17) is 21.4 Å². The number of rotatable bonds is 8. The highest BCUT2D eigenvalue weighted by Crippen LogP contribution is 2.29. The smallest absolute Gasteiger partial charge is 0.328 e. The zero-order valence-electron chi connectivity index (χ0n) is 18.5. The fourth-order valence-corrected chi connectivity index (χ4v) is 4.19. The van der Waals surface area contributed by atoms with E-state index in [1.807, 2.05) is 24.3 Å². The molecule has 4 rings (SSSR count). The van der Waals surface area contributed by atoms with Crippen LogP contribution in [0.15, 0.2) is 60.8 Å². The van der Waals surface area contributed by atoms with Crippen LogP contribution in [-0.2, 0) is 17.8 Å². The molecule has 2 unspecified atom stereocenters. The van der Waals surface area contributed by atoms with Crippen molar-refractivity contribution in [3.8, 4) is 5.88 Å². The lowest BCUT2D eigenvalue weighted by Gasteiger charge is -2.30. The number of benzene rings is 1. The van der Waals surface area contributed by atoms with Crippen molar-refractivity contribution in [2.75, 3.05) is 6.54 Å². The van der Waals surface area contributed by atoms with E-state index >= 15 is 0 Å². The SMILES string of the molecule is O=C(O)/C=C/c1ccc(CC2CC(c3cccc(OCc4ccc(Cl)cc4F)n3)CCN2)nc1. The number of hydrogen-bond donors (Lipinski definition) is 2. The van der Waals surface area contributed by atoms with Crippen LogP contribution in [-0.4, -0.2) is 33.6 Å². The zero-order chi connectivity index (χ0) is 23.9. The van der Waals surface area contributed by atoms with Crippen molar-refractivity contribution < 1.29 is 19.0 Å². The van der Waals surface area contributed by atoms with E-state index in [-0.39, 0.29) is 18.6 Å². The van der Waals surface area contributed by atoms with Crippen LogP contribution in [0.3, 0.4) is 0 Å². The van der Waals surface area contributed by atoms with Gasteiger partial charge in [0.2, 0.25) is 5.88 Å². The molecule has 3 heterocycles. The summed E-state index contributed by atoms with van der Waals surface area (Å²) in [5.74, 6) is -0.639. The number of carbonyl (C=O) groups is 1. The Hall–Kier alpha value is -3.29. The van der Waals surface area contributed by atoms with Gasteiger partial charge in [0, 0.05) is 58.7 Å². The largest absolute Gasteiger partial charge is 0.478 e. The number of hydrogen-bond acceptors (Lipinski definition) is 5. The van der Waals surface area contributed by atoms with Crippen LogP contribution in [0.5, 0.6) is 5.88 Å². The molecule has 0 bridgehead atoms. The highest BCUT2D eigenvalue weighted by atomic mass is 35.5. The van der Waals surface area contributed by atoms with E-state index in [9.17, 15) is 9.18 Å². The second-order valence-corrected chi connectivity index (χ2v) is 8.69. The molecule has 0 amide bonds. The molecule has 3 aromatic rings. The molecule has 1 fully saturated rings. The fourth-order valence-electron chi connectivity index (χ4n) is 4.03. The summed E-state index contributed by atoms with van der Waals surface area (Å²) in [4.78, 5) is 19.8. The molecule has 0 radical (unpaired) electrons. The standard InChI is InChI=1S/C26H25ClFN3O3/c27-20-7-6-19(23(28)13-20)16-34-25-3-1-2-24(31-25)18-10-11-29-22(12-18)14-21-8-4-17(15-30-21)5-9-26(32)33/h1-9,13,15,18,22,29H,10-12,14,16H2,(H,32,33)/b9-5+. The van der Waals surface area contributed by atoms with Gasteiger partial charge >= 0.3 is 5.97 Å². The van der Waals surface area contributed by atoms with Crippen molar-refractivity contribution in [2.24, 2.45) is 0 Å². The summed E-state index contributed by atoms with van der Waals surface area (Å²) in [5.41, 5.74) is 3.08. The first kappa shape index (κ1) is 23.9. The van der Waals surface area contributed by atoms with Crippen LogP contribution in [0.2, 0.25) is 5.02 Å². The molecule has 176 valence electrons. The minimum absolute atomic E-state index is 0.0810. The number of nitrogens with zero attached hydrogens (tertiary/aromatic N) is 2.